The van der Waals surface area contributed by atoms with E-state index in [9.17, 15) is 14.4 Å². The molecule has 1 saturated heterocycles. The van der Waals surface area contributed by atoms with Crippen molar-refractivity contribution in [2.45, 2.75) is 12.8 Å². The molecule has 0 aromatic heterocycles. The van der Waals surface area contributed by atoms with E-state index in [2.05, 4.69) is 10.6 Å². The number of rotatable bonds is 8. The van der Waals surface area contributed by atoms with Crippen LogP contribution in [0.1, 0.15) is 23.2 Å². The molecule has 3 rings (SSSR count). The van der Waals surface area contributed by atoms with Gasteiger partial charge in [-0.15, -0.1) is 0 Å². The molecule has 0 saturated carbocycles. The minimum atomic E-state index is -0.588. The van der Waals surface area contributed by atoms with Crippen LogP contribution in [0.3, 0.4) is 0 Å². The van der Waals surface area contributed by atoms with E-state index in [4.69, 9.17) is 15.2 Å². The summed E-state index contributed by atoms with van der Waals surface area (Å²) in [6.45, 7) is 1.44. The van der Waals surface area contributed by atoms with Gasteiger partial charge in [0.25, 0.3) is 5.91 Å². The summed E-state index contributed by atoms with van der Waals surface area (Å²) in [6.07, 6.45) is 1.23. The first-order valence-electron chi connectivity index (χ1n) is 10.3. The second kappa shape index (κ2) is 10.6. The first kappa shape index (κ1) is 23.1. The van der Waals surface area contributed by atoms with E-state index < -0.39 is 5.91 Å². The fraction of sp³-hybridized carbons (Fsp3) is 0.348. The number of hydrogen-bond acceptors (Lipinski definition) is 6. The molecular weight excluding hydrogens is 412 g/mol. The summed E-state index contributed by atoms with van der Waals surface area (Å²) >= 11 is 0. The number of amides is 3. The summed E-state index contributed by atoms with van der Waals surface area (Å²) in [5, 5.41) is 5.67. The summed E-state index contributed by atoms with van der Waals surface area (Å²) in [5.74, 6) is 0.0626. The molecule has 9 nitrogen and oxygen atoms in total. The van der Waals surface area contributed by atoms with Crippen LogP contribution in [0.25, 0.3) is 0 Å². The Bertz CT molecular complexity index is 986. The van der Waals surface area contributed by atoms with Crippen molar-refractivity contribution in [1.29, 1.82) is 0 Å². The van der Waals surface area contributed by atoms with E-state index in [1.807, 2.05) is 4.90 Å². The molecule has 9 heteroatoms. The average molecular weight is 441 g/mol. The molecule has 3 amide bonds. The van der Waals surface area contributed by atoms with E-state index in [1.54, 1.807) is 49.6 Å². The van der Waals surface area contributed by atoms with Crippen LogP contribution in [-0.2, 0) is 9.59 Å². The van der Waals surface area contributed by atoms with Crippen molar-refractivity contribution in [3.05, 3.63) is 48.0 Å². The quantitative estimate of drug-likeness (QED) is 0.578. The number of carbonyl (C=O) groups is 3. The van der Waals surface area contributed by atoms with Crippen molar-refractivity contribution in [1.82, 2.24) is 4.90 Å². The summed E-state index contributed by atoms with van der Waals surface area (Å²) in [5.41, 5.74) is 6.64. The lowest BCUT2D eigenvalue weighted by Gasteiger charge is -2.30. The van der Waals surface area contributed by atoms with Gasteiger partial charge >= 0.3 is 0 Å². The molecule has 170 valence electrons. The van der Waals surface area contributed by atoms with E-state index >= 15 is 0 Å². The summed E-state index contributed by atoms with van der Waals surface area (Å²) in [7, 11) is 3.09. The number of nitrogens with zero attached hydrogens (tertiary/aromatic N) is 1. The van der Waals surface area contributed by atoms with Crippen LogP contribution in [0.5, 0.6) is 11.5 Å². The van der Waals surface area contributed by atoms with Gasteiger partial charge in [0, 0.05) is 12.0 Å². The Morgan fingerprint density at radius 1 is 1.00 bits per heavy atom. The van der Waals surface area contributed by atoms with Crippen LogP contribution in [0, 0.1) is 5.92 Å². The molecule has 1 aliphatic rings. The Hall–Kier alpha value is -3.59. The van der Waals surface area contributed by atoms with Crippen LogP contribution in [-0.4, -0.2) is 56.5 Å². The van der Waals surface area contributed by atoms with Crippen molar-refractivity contribution < 1.29 is 23.9 Å². The number of hydrogen-bond donors (Lipinski definition) is 3. The maximum atomic E-state index is 12.7. The van der Waals surface area contributed by atoms with Gasteiger partial charge in [-0.05, 0) is 50.2 Å². The lowest BCUT2D eigenvalue weighted by molar-refractivity contribution is -0.121. The van der Waals surface area contributed by atoms with Gasteiger partial charge in [-0.1, -0.05) is 12.1 Å². The minimum absolute atomic E-state index is 0.147. The normalized spacial score (nSPS) is 14.4. The Morgan fingerprint density at radius 2 is 1.72 bits per heavy atom. The third-order valence-electron chi connectivity index (χ3n) is 5.46. The molecule has 2 aromatic rings. The monoisotopic (exact) mass is 440 g/mol. The van der Waals surface area contributed by atoms with E-state index in [0.29, 0.717) is 48.8 Å². The number of para-hydroxylation sites is 1. The Kier molecular flexibility index (Phi) is 7.67. The molecule has 1 heterocycles. The van der Waals surface area contributed by atoms with Crippen molar-refractivity contribution in [2.24, 2.45) is 11.7 Å². The number of primary amides is 1. The zero-order valence-corrected chi connectivity index (χ0v) is 18.2. The highest BCUT2D eigenvalue weighted by molar-refractivity contribution is 6.03. The number of nitrogens with two attached hydrogens (primary N) is 1. The van der Waals surface area contributed by atoms with Crippen LogP contribution in [0.15, 0.2) is 42.5 Å². The third kappa shape index (κ3) is 5.76. The second-order valence-electron chi connectivity index (χ2n) is 7.56. The standard InChI is InChI=1S/C23H28N4O5/c1-31-16-7-8-19(20(13-16)32-2)25-21(28)14-27-11-9-15(10-12-27)23(30)26-18-6-4-3-5-17(18)22(24)29/h3-8,13,15H,9-12,14H2,1-2H3,(H2,24,29)(H,25,28)(H,26,30). The predicted molar refractivity (Wildman–Crippen MR) is 121 cm³/mol. The topological polar surface area (TPSA) is 123 Å². The van der Waals surface area contributed by atoms with Crippen LogP contribution in [0.2, 0.25) is 0 Å². The SMILES string of the molecule is COc1ccc(NC(=O)CN2CCC(C(=O)Nc3ccccc3C(N)=O)CC2)c(OC)c1. The maximum Gasteiger partial charge on any atom is 0.250 e. The number of anilines is 2. The minimum Gasteiger partial charge on any atom is -0.497 e. The third-order valence-corrected chi connectivity index (χ3v) is 5.46. The number of piperidine rings is 1. The highest BCUT2D eigenvalue weighted by atomic mass is 16.5. The molecule has 1 aliphatic heterocycles. The molecule has 0 spiro atoms. The Labute approximate surface area is 186 Å². The van der Waals surface area contributed by atoms with Gasteiger partial charge in [-0.25, -0.2) is 0 Å². The van der Waals surface area contributed by atoms with Crippen molar-refractivity contribution in [3.63, 3.8) is 0 Å². The van der Waals surface area contributed by atoms with Gasteiger partial charge < -0.3 is 25.8 Å². The van der Waals surface area contributed by atoms with E-state index in [1.165, 1.54) is 7.11 Å². The van der Waals surface area contributed by atoms with Gasteiger partial charge in [-0.2, -0.15) is 0 Å². The number of carbonyl (C=O) groups excluding carboxylic acids is 3. The van der Waals surface area contributed by atoms with Crippen LogP contribution in [0.4, 0.5) is 11.4 Å². The summed E-state index contributed by atoms with van der Waals surface area (Å²) in [4.78, 5) is 38.7. The van der Waals surface area contributed by atoms with Gasteiger partial charge in [0.2, 0.25) is 11.8 Å². The average Bonchev–Trinajstić information content (AvgIpc) is 2.80. The smallest absolute Gasteiger partial charge is 0.250 e. The molecule has 32 heavy (non-hydrogen) atoms. The van der Waals surface area contributed by atoms with Crippen LogP contribution >= 0.6 is 0 Å². The highest BCUT2D eigenvalue weighted by Crippen LogP contribution is 2.29. The van der Waals surface area contributed by atoms with Crippen molar-refractivity contribution >= 4 is 29.1 Å². The van der Waals surface area contributed by atoms with Gasteiger partial charge in [0.1, 0.15) is 11.5 Å². The first-order valence-corrected chi connectivity index (χ1v) is 10.3. The molecule has 4 N–H and O–H groups in total. The molecule has 0 unspecified atom stereocenters. The molecule has 2 aromatic carbocycles. The lowest BCUT2D eigenvalue weighted by atomic mass is 9.95. The summed E-state index contributed by atoms with van der Waals surface area (Å²) in [6, 6.07) is 11.9. The first-order chi connectivity index (χ1) is 15.4. The van der Waals surface area contributed by atoms with E-state index in [0.717, 1.165) is 0 Å². The zero-order valence-electron chi connectivity index (χ0n) is 18.2. The predicted octanol–water partition coefficient (Wildman–Crippen LogP) is 2.09. The molecular formula is C23H28N4O5. The fourth-order valence-corrected chi connectivity index (χ4v) is 3.69. The molecule has 1 fully saturated rings. The highest BCUT2D eigenvalue weighted by Gasteiger charge is 2.26. The summed E-state index contributed by atoms with van der Waals surface area (Å²) < 4.78 is 10.5. The number of ether oxygens (including phenoxy) is 2. The number of nitrogens with one attached hydrogen (secondary N) is 2. The van der Waals surface area contributed by atoms with Crippen molar-refractivity contribution in [3.8, 4) is 11.5 Å². The molecule has 0 bridgehead atoms. The zero-order chi connectivity index (χ0) is 23.1. The van der Waals surface area contributed by atoms with E-state index in [-0.39, 0.29) is 29.8 Å². The lowest BCUT2D eigenvalue weighted by Crippen LogP contribution is -2.41. The van der Waals surface area contributed by atoms with Gasteiger partial charge in [0.15, 0.2) is 0 Å². The largest absolute Gasteiger partial charge is 0.497 e. The number of benzene rings is 2. The molecule has 0 radical (unpaired) electrons. The second-order valence-corrected chi connectivity index (χ2v) is 7.56. The van der Waals surface area contributed by atoms with Gasteiger partial charge in [-0.3, -0.25) is 19.3 Å². The van der Waals surface area contributed by atoms with Crippen LogP contribution < -0.4 is 25.8 Å². The number of likely N-dealkylation sites (tertiary alicyclic amines) is 1. The maximum absolute atomic E-state index is 12.7. The van der Waals surface area contributed by atoms with Gasteiger partial charge in [0.05, 0.1) is 37.7 Å². The molecule has 0 atom stereocenters. The number of methoxy groups -OCH3 is 2. The molecule has 0 aliphatic carbocycles. The Balaban J connectivity index is 1.50. The Morgan fingerprint density at radius 3 is 2.38 bits per heavy atom. The fourth-order valence-electron chi connectivity index (χ4n) is 3.69. The van der Waals surface area contributed by atoms with Crippen molar-refractivity contribution in [2.75, 3.05) is 44.5 Å².